The lowest BCUT2D eigenvalue weighted by Crippen LogP contribution is -2.48. The molecule has 1 N–H and O–H groups in total. The topological polar surface area (TPSA) is 12.0 Å². The monoisotopic (exact) mass is 291 g/mol. The summed E-state index contributed by atoms with van der Waals surface area (Å²) >= 11 is 1.95. The normalized spacial score (nSPS) is 36.5. The summed E-state index contributed by atoms with van der Waals surface area (Å²) in [5, 5.41) is 3.97. The minimum absolute atomic E-state index is 0.497. The number of aryl methyl sites for hydroxylation is 1. The van der Waals surface area contributed by atoms with Gasteiger partial charge in [-0.15, -0.1) is 11.3 Å². The molecule has 3 rings (SSSR count). The molecule has 112 valence electrons. The molecule has 0 spiro atoms. The summed E-state index contributed by atoms with van der Waals surface area (Å²) in [4.78, 5) is 2.95. The molecule has 1 aromatic heterocycles. The number of nitrogens with one attached hydrogen (secondary N) is 1. The van der Waals surface area contributed by atoms with Crippen molar-refractivity contribution in [3.8, 4) is 0 Å². The number of hydrogen-bond acceptors (Lipinski definition) is 2. The highest BCUT2D eigenvalue weighted by atomic mass is 32.1. The Balaban J connectivity index is 1.64. The van der Waals surface area contributed by atoms with Crippen LogP contribution in [0.25, 0.3) is 0 Å². The molecule has 1 heterocycles. The minimum Gasteiger partial charge on any atom is -0.311 e. The first-order valence-corrected chi connectivity index (χ1v) is 8.96. The maximum atomic E-state index is 3.97. The van der Waals surface area contributed by atoms with Crippen LogP contribution in [-0.4, -0.2) is 12.1 Å². The largest absolute Gasteiger partial charge is 0.311 e. The first-order chi connectivity index (χ1) is 9.33. The van der Waals surface area contributed by atoms with Gasteiger partial charge >= 0.3 is 0 Å². The third-order valence-electron chi connectivity index (χ3n) is 6.58. The van der Waals surface area contributed by atoms with Crippen molar-refractivity contribution in [1.29, 1.82) is 0 Å². The van der Waals surface area contributed by atoms with Crippen LogP contribution >= 0.6 is 11.3 Å². The summed E-state index contributed by atoms with van der Waals surface area (Å²) in [5.74, 6) is 0.932. The lowest BCUT2D eigenvalue weighted by molar-refractivity contribution is 0.116. The van der Waals surface area contributed by atoms with Gasteiger partial charge in [-0.05, 0) is 68.4 Å². The van der Waals surface area contributed by atoms with E-state index in [1.165, 1.54) is 35.4 Å². The van der Waals surface area contributed by atoms with E-state index in [2.05, 4.69) is 52.1 Å². The van der Waals surface area contributed by atoms with Gasteiger partial charge in [-0.1, -0.05) is 20.8 Å². The van der Waals surface area contributed by atoms with Gasteiger partial charge in [-0.3, -0.25) is 0 Å². The molecule has 2 bridgehead atoms. The Labute approximate surface area is 128 Å². The van der Waals surface area contributed by atoms with Gasteiger partial charge in [0.1, 0.15) is 0 Å². The van der Waals surface area contributed by atoms with Crippen LogP contribution in [0.4, 0.5) is 0 Å². The predicted molar refractivity (Wildman–Crippen MR) is 88.4 cm³/mol. The van der Waals surface area contributed by atoms with Gasteiger partial charge < -0.3 is 5.32 Å². The summed E-state index contributed by atoms with van der Waals surface area (Å²) < 4.78 is 0. The average molecular weight is 292 g/mol. The summed E-state index contributed by atoms with van der Waals surface area (Å²) in [5.41, 5.74) is 1.02. The van der Waals surface area contributed by atoms with Crippen LogP contribution in [0.5, 0.6) is 0 Å². The number of hydrogen-bond donors (Lipinski definition) is 1. The van der Waals surface area contributed by atoms with Gasteiger partial charge in [0.25, 0.3) is 0 Å². The number of thiophene rings is 1. The molecule has 1 nitrogen and oxygen atoms in total. The molecule has 0 aromatic carbocycles. The van der Waals surface area contributed by atoms with Crippen molar-refractivity contribution in [2.45, 2.75) is 72.4 Å². The van der Waals surface area contributed by atoms with Gasteiger partial charge in [-0.25, -0.2) is 0 Å². The predicted octanol–water partition coefficient (Wildman–Crippen LogP) is 4.79. The molecule has 0 radical (unpaired) electrons. The molecule has 2 aliphatic carbocycles. The van der Waals surface area contributed by atoms with Crippen LogP contribution in [0.2, 0.25) is 0 Å². The molecule has 2 fully saturated rings. The van der Waals surface area contributed by atoms with Crippen molar-refractivity contribution in [2.75, 3.05) is 0 Å². The molecule has 0 amide bonds. The average Bonchev–Trinajstić information content (AvgIpc) is 2.90. The smallest absolute Gasteiger partial charge is 0.0131 e. The van der Waals surface area contributed by atoms with E-state index in [1.54, 1.807) is 0 Å². The molecule has 2 heteroatoms. The molecule has 4 atom stereocenters. The molecule has 0 saturated heterocycles. The van der Waals surface area contributed by atoms with E-state index < -0.39 is 0 Å². The van der Waals surface area contributed by atoms with Crippen LogP contribution in [0.3, 0.4) is 0 Å². The third-order valence-corrected chi connectivity index (χ3v) is 7.61. The zero-order chi connectivity index (χ0) is 14.5. The third kappa shape index (κ3) is 2.16. The van der Waals surface area contributed by atoms with Crippen LogP contribution in [0.1, 0.15) is 56.7 Å². The SMILES string of the molecule is Cc1ccc(CC(C)NC2CC3CCC2(C)C3(C)C)s1. The van der Waals surface area contributed by atoms with Crippen molar-refractivity contribution in [1.82, 2.24) is 5.32 Å². The Bertz CT molecular complexity index is 489. The molecule has 20 heavy (non-hydrogen) atoms. The second-order valence-corrected chi connectivity index (χ2v) is 9.32. The second-order valence-electron chi connectivity index (χ2n) is 7.95. The molecule has 2 saturated carbocycles. The number of rotatable bonds is 4. The quantitative estimate of drug-likeness (QED) is 0.841. The highest BCUT2D eigenvalue weighted by Gasteiger charge is 2.61. The Morgan fingerprint density at radius 1 is 1.35 bits per heavy atom. The summed E-state index contributed by atoms with van der Waals surface area (Å²) in [6.07, 6.45) is 5.42. The van der Waals surface area contributed by atoms with E-state index in [0.29, 0.717) is 22.9 Å². The van der Waals surface area contributed by atoms with E-state index in [1.807, 2.05) is 11.3 Å². The molecular weight excluding hydrogens is 262 g/mol. The van der Waals surface area contributed by atoms with Crippen LogP contribution < -0.4 is 5.32 Å². The van der Waals surface area contributed by atoms with E-state index in [9.17, 15) is 0 Å². The maximum Gasteiger partial charge on any atom is 0.0131 e. The fraction of sp³-hybridized carbons (Fsp3) is 0.778. The first kappa shape index (κ1) is 14.6. The van der Waals surface area contributed by atoms with E-state index in [0.717, 1.165) is 5.92 Å². The molecular formula is C18H29NS. The highest BCUT2D eigenvalue weighted by Crippen LogP contribution is 2.65. The Kier molecular flexibility index (Phi) is 3.53. The van der Waals surface area contributed by atoms with Crippen molar-refractivity contribution < 1.29 is 0 Å². The second kappa shape index (κ2) is 4.84. The summed E-state index contributed by atoms with van der Waals surface area (Å²) in [7, 11) is 0. The van der Waals surface area contributed by atoms with Gasteiger partial charge in [0, 0.05) is 21.8 Å². The lowest BCUT2D eigenvalue weighted by Gasteiger charge is -2.40. The Morgan fingerprint density at radius 2 is 2.10 bits per heavy atom. The Morgan fingerprint density at radius 3 is 2.60 bits per heavy atom. The van der Waals surface area contributed by atoms with Crippen molar-refractivity contribution in [2.24, 2.45) is 16.7 Å². The summed E-state index contributed by atoms with van der Waals surface area (Å²) in [6.45, 7) is 12.1. The van der Waals surface area contributed by atoms with E-state index in [4.69, 9.17) is 0 Å². The lowest BCUT2D eigenvalue weighted by atomic mass is 9.69. The Hall–Kier alpha value is -0.340. The fourth-order valence-corrected chi connectivity index (χ4v) is 5.77. The van der Waals surface area contributed by atoms with Crippen LogP contribution in [0, 0.1) is 23.7 Å². The van der Waals surface area contributed by atoms with Gasteiger partial charge in [0.15, 0.2) is 0 Å². The van der Waals surface area contributed by atoms with Crippen molar-refractivity contribution in [3.63, 3.8) is 0 Å². The standard InChI is InChI=1S/C18H29NS/c1-12(10-15-7-6-13(2)20-15)19-16-11-14-8-9-18(16,5)17(14,3)4/h6-7,12,14,16,19H,8-11H2,1-5H3. The molecule has 2 aliphatic rings. The van der Waals surface area contributed by atoms with Gasteiger partial charge in [0.05, 0.1) is 0 Å². The molecule has 4 unspecified atom stereocenters. The van der Waals surface area contributed by atoms with E-state index >= 15 is 0 Å². The van der Waals surface area contributed by atoms with Crippen LogP contribution in [0.15, 0.2) is 12.1 Å². The summed E-state index contributed by atoms with van der Waals surface area (Å²) in [6, 6.07) is 5.84. The van der Waals surface area contributed by atoms with Gasteiger partial charge in [-0.2, -0.15) is 0 Å². The van der Waals surface area contributed by atoms with Crippen molar-refractivity contribution >= 4 is 11.3 Å². The molecule has 1 aromatic rings. The molecule has 0 aliphatic heterocycles. The first-order valence-electron chi connectivity index (χ1n) is 8.14. The minimum atomic E-state index is 0.497. The fourth-order valence-electron chi connectivity index (χ4n) is 4.75. The van der Waals surface area contributed by atoms with E-state index in [-0.39, 0.29) is 0 Å². The zero-order valence-corrected chi connectivity index (χ0v) is 14.4. The maximum absolute atomic E-state index is 3.97. The number of fused-ring (bicyclic) bond motifs is 2. The van der Waals surface area contributed by atoms with Gasteiger partial charge in [0.2, 0.25) is 0 Å². The van der Waals surface area contributed by atoms with Crippen molar-refractivity contribution in [3.05, 3.63) is 21.9 Å². The zero-order valence-electron chi connectivity index (χ0n) is 13.6. The highest BCUT2D eigenvalue weighted by molar-refractivity contribution is 7.11. The van der Waals surface area contributed by atoms with Crippen LogP contribution in [-0.2, 0) is 6.42 Å².